The van der Waals surface area contributed by atoms with Gasteiger partial charge in [0, 0.05) is 43.5 Å². The molecule has 0 radical (unpaired) electrons. The normalized spacial score (nSPS) is 26.8. The van der Waals surface area contributed by atoms with E-state index in [1.807, 2.05) is 0 Å². The molecular formula is C18H19FN4O2. The number of hydrogen-bond acceptors (Lipinski definition) is 5. The number of nitrogens with zero attached hydrogens (tertiary/aromatic N) is 3. The molecule has 4 rings (SSSR count). The Bertz CT molecular complexity index is 741. The molecule has 1 aromatic carbocycles. The van der Waals surface area contributed by atoms with Crippen molar-refractivity contribution >= 4 is 5.91 Å². The van der Waals surface area contributed by atoms with Crippen LogP contribution in [0.5, 0.6) is 0 Å². The summed E-state index contributed by atoms with van der Waals surface area (Å²) in [6, 6.07) is 6.60. The van der Waals surface area contributed by atoms with Gasteiger partial charge in [0.2, 0.25) is 5.91 Å². The third-order valence-electron chi connectivity index (χ3n) is 4.89. The van der Waals surface area contributed by atoms with Gasteiger partial charge in [-0.1, -0.05) is 12.1 Å². The molecule has 0 bridgehead atoms. The topological polar surface area (TPSA) is 67.3 Å². The van der Waals surface area contributed by atoms with Crippen molar-refractivity contribution in [1.82, 2.24) is 20.2 Å². The minimum absolute atomic E-state index is 0.0567. The lowest BCUT2D eigenvalue weighted by Crippen LogP contribution is -2.42. The second-order valence-electron chi connectivity index (χ2n) is 6.48. The van der Waals surface area contributed by atoms with Crippen molar-refractivity contribution in [1.29, 1.82) is 0 Å². The molecule has 1 amide bonds. The number of halogens is 1. The van der Waals surface area contributed by atoms with Gasteiger partial charge in [-0.3, -0.25) is 9.69 Å². The molecule has 0 unspecified atom stereocenters. The van der Waals surface area contributed by atoms with E-state index in [0.29, 0.717) is 13.1 Å². The molecule has 2 fully saturated rings. The van der Waals surface area contributed by atoms with Crippen molar-refractivity contribution in [3.63, 3.8) is 0 Å². The highest BCUT2D eigenvalue weighted by molar-refractivity contribution is 5.77. The van der Waals surface area contributed by atoms with Crippen molar-refractivity contribution in [2.45, 2.75) is 24.6 Å². The largest absolute Gasteiger partial charge is 0.366 e. The van der Waals surface area contributed by atoms with Crippen molar-refractivity contribution in [2.75, 3.05) is 19.7 Å². The number of amides is 1. The van der Waals surface area contributed by atoms with Gasteiger partial charge in [0.25, 0.3) is 0 Å². The molecule has 7 heteroatoms. The molecule has 3 heterocycles. The molecule has 2 saturated heterocycles. The first-order chi connectivity index (χ1) is 12.2. The average Bonchev–Trinajstić information content (AvgIpc) is 2.84. The smallest absolute Gasteiger partial charge is 0.246 e. The van der Waals surface area contributed by atoms with Gasteiger partial charge >= 0.3 is 0 Å². The zero-order valence-electron chi connectivity index (χ0n) is 13.6. The molecule has 0 spiro atoms. The van der Waals surface area contributed by atoms with Gasteiger partial charge in [-0.05, 0) is 17.7 Å². The average molecular weight is 342 g/mol. The molecule has 130 valence electrons. The summed E-state index contributed by atoms with van der Waals surface area (Å²) in [5, 5.41) is 2.92. The predicted octanol–water partition coefficient (Wildman–Crippen LogP) is 1.10. The third kappa shape index (κ3) is 3.38. The van der Waals surface area contributed by atoms with Crippen LogP contribution < -0.4 is 5.32 Å². The van der Waals surface area contributed by atoms with Crippen LogP contribution in [0.25, 0.3) is 0 Å². The molecule has 1 aromatic heterocycles. The Hall–Kier alpha value is -2.38. The summed E-state index contributed by atoms with van der Waals surface area (Å²) in [4.78, 5) is 22.2. The SMILES string of the molecule is O=C1CO[C@@H]2[C@@H](c3ccc(F)cc3)CN(Cc3cncnc3)[C@@H]2CN1. The van der Waals surface area contributed by atoms with Crippen LogP contribution >= 0.6 is 0 Å². The highest BCUT2D eigenvalue weighted by Gasteiger charge is 2.44. The Kier molecular flexibility index (Phi) is 4.42. The van der Waals surface area contributed by atoms with E-state index < -0.39 is 0 Å². The summed E-state index contributed by atoms with van der Waals surface area (Å²) in [7, 11) is 0. The second-order valence-corrected chi connectivity index (χ2v) is 6.48. The number of likely N-dealkylation sites (tertiary alicyclic amines) is 1. The van der Waals surface area contributed by atoms with Crippen LogP contribution in [-0.2, 0) is 16.1 Å². The Morgan fingerprint density at radius 2 is 2.00 bits per heavy atom. The van der Waals surface area contributed by atoms with Crippen molar-refractivity contribution in [2.24, 2.45) is 0 Å². The Morgan fingerprint density at radius 3 is 2.76 bits per heavy atom. The maximum Gasteiger partial charge on any atom is 0.246 e. The van der Waals surface area contributed by atoms with Crippen molar-refractivity contribution in [3.05, 3.63) is 59.9 Å². The number of ether oxygens (including phenoxy) is 1. The van der Waals surface area contributed by atoms with Crippen molar-refractivity contribution in [3.8, 4) is 0 Å². The first-order valence-corrected chi connectivity index (χ1v) is 8.32. The number of benzene rings is 1. The fourth-order valence-corrected chi connectivity index (χ4v) is 3.71. The standard InChI is InChI=1S/C18H19FN4O2/c19-14-3-1-13(2-4-14)15-9-23(8-12-5-20-11-21-6-12)16-7-22-17(24)10-25-18(15)16/h1-6,11,15-16,18H,7-10H2,(H,22,24)/t15-,16-,18-/m1/s1. The fraction of sp³-hybridized carbons (Fsp3) is 0.389. The minimum atomic E-state index is -0.254. The van der Waals surface area contributed by atoms with Crippen LogP contribution in [0.1, 0.15) is 17.0 Å². The van der Waals surface area contributed by atoms with Gasteiger partial charge in [0.15, 0.2) is 0 Å². The number of hydrogen-bond donors (Lipinski definition) is 1. The molecule has 6 nitrogen and oxygen atoms in total. The van der Waals surface area contributed by atoms with Gasteiger partial charge in [0.05, 0.1) is 12.1 Å². The van der Waals surface area contributed by atoms with Crippen LogP contribution in [0.3, 0.4) is 0 Å². The first kappa shape index (κ1) is 16.1. The van der Waals surface area contributed by atoms with E-state index in [4.69, 9.17) is 4.74 Å². The number of carbonyl (C=O) groups is 1. The molecule has 0 saturated carbocycles. The summed E-state index contributed by atoms with van der Waals surface area (Å²) in [5.41, 5.74) is 2.04. The monoisotopic (exact) mass is 342 g/mol. The van der Waals surface area contributed by atoms with Crippen LogP contribution in [0, 0.1) is 5.82 Å². The van der Waals surface area contributed by atoms with Crippen LogP contribution in [0.4, 0.5) is 4.39 Å². The summed E-state index contributed by atoms with van der Waals surface area (Å²) < 4.78 is 19.2. The van der Waals surface area contributed by atoms with E-state index in [1.54, 1.807) is 24.5 Å². The molecule has 0 aliphatic carbocycles. The Labute approximate surface area is 145 Å². The molecule has 3 atom stereocenters. The lowest BCUT2D eigenvalue weighted by Gasteiger charge is -2.26. The predicted molar refractivity (Wildman–Crippen MR) is 88.1 cm³/mol. The van der Waals surface area contributed by atoms with Crippen LogP contribution in [-0.4, -0.2) is 52.6 Å². The lowest BCUT2D eigenvalue weighted by atomic mass is 9.93. The lowest BCUT2D eigenvalue weighted by molar-refractivity contribution is -0.125. The Balaban J connectivity index is 1.61. The quantitative estimate of drug-likeness (QED) is 0.905. The van der Waals surface area contributed by atoms with Gasteiger partial charge in [-0.25, -0.2) is 14.4 Å². The number of carbonyl (C=O) groups excluding carboxylic acids is 1. The first-order valence-electron chi connectivity index (χ1n) is 8.32. The van der Waals surface area contributed by atoms with Gasteiger partial charge in [0.1, 0.15) is 18.8 Å². The molecule has 2 aromatic rings. The molecule has 2 aliphatic heterocycles. The third-order valence-corrected chi connectivity index (χ3v) is 4.89. The zero-order chi connectivity index (χ0) is 17.2. The van der Waals surface area contributed by atoms with E-state index in [-0.39, 0.29) is 36.4 Å². The van der Waals surface area contributed by atoms with E-state index >= 15 is 0 Å². The van der Waals surface area contributed by atoms with Gasteiger partial charge < -0.3 is 10.1 Å². The maximum absolute atomic E-state index is 13.3. The summed E-state index contributed by atoms with van der Waals surface area (Å²) in [6.07, 6.45) is 4.98. The number of rotatable bonds is 3. The molecule has 2 aliphatic rings. The van der Waals surface area contributed by atoms with E-state index in [2.05, 4.69) is 20.2 Å². The molecular weight excluding hydrogens is 323 g/mol. The van der Waals surface area contributed by atoms with Gasteiger partial charge in [-0.2, -0.15) is 0 Å². The summed E-state index contributed by atoms with van der Waals surface area (Å²) in [6.45, 7) is 2.04. The zero-order valence-corrected chi connectivity index (χ0v) is 13.6. The minimum Gasteiger partial charge on any atom is -0.366 e. The van der Waals surface area contributed by atoms with E-state index in [1.165, 1.54) is 18.5 Å². The van der Waals surface area contributed by atoms with Crippen molar-refractivity contribution < 1.29 is 13.9 Å². The maximum atomic E-state index is 13.3. The molecule has 1 N–H and O–H groups in total. The van der Waals surface area contributed by atoms with Crippen LogP contribution in [0.15, 0.2) is 43.0 Å². The number of aromatic nitrogens is 2. The Morgan fingerprint density at radius 1 is 1.24 bits per heavy atom. The highest BCUT2D eigenvalue weighted by atomic mass is 19.1. The fourth-order valence-electron chi connectivity index (χ4n) is 3.71. The molecule has 25 heavy (non-hydrogen) atoms. The summed E-state index contributed by atoms with van der Waals surface area (Å²) in [5.74, 6) is -0.270. The van der Waals surface area contributed by atoms with Crippen LogP contribution in [0.2, 0.25) is 0 Å². The summed E-state index contributed by atoms with van der Waals surface area (Å²) >= 11 is 0. The second kappa shape index (κ2) is 6.85. The number of nitrogens with one attached hydrogen (secondary N) is 1. The van der Waals surface area contributed by atoms with E-state index in [9.17, 15) is 9.18 Å². The van der Waals surface area contributed by atoms with E-state index in [0.717, 1.165) is 17.7 Å². The van der Waals surface area contributed by atoms with Gasteiger partial charge in [-0.15, -0.1) is 0 Å². The highest BCUT2D eigenvalue weighted by Crippen LogP contribution is 2.35. The number of fused-ring (bicyclic) bond motifs is 1.